The Morgan fingerprint density at radius 3 is 2.34 bits per heavy atom. The molecule has 3 aromatic carbocycles. The molecule has 47 heavy (non-hydrogen) atoms. The zero-order chi connectivity index (χ0) is 31.8. The highest BCUT2D eigenvalue weighted by atomic mass is 16.5. The van der Waals surface area contributed by atoms with E-state index >= 15 is 0 Å². The highest BCUT2D eigenvalue weighted by Gasteiger charge is 2.14. The van der Waals surface area contributed by atoms with Gasteiger partial charge in [-0.1, -0.05) is 54.6 Å². The van der Waals surface area contributed by atoms with E-state index in [2.05, 4.69) is 78.0 Å². The van der Waals surface area contributed by atoms with Gasteiger partial charge in [-0.2, -0.15) is 0 Å². The van der Waals surface area contributed by atoms with Gasteiger partial charge in [-0.05, 0) is 74.1 Å². The third kappa shape index (κ3) is 7.38. The van der Waals surface area contributed by atoms with Gasteiger partial charge in [0.15, 0.2) is 5.82 Å². The molecule has 9 nitrogen and oxygen atoms in total. The Kier molecular flexibility index (Phi) is 9.26. The molecule has 1 aliphatic heterocycles. The van der Waals surface area contributed by atoms with Crippen LogP contribution in [0.25, 0.3) is 33.2 Å². The first-order valence-corrected chi connectivity index (χ1v) is 16.1. The van der Waals surface area contributed by atoms with E-state index in [4.69, 9.17) is 4.74 Å². The van der Waals surface area contributed by atoms with E-state index in [0.717, 1.165) is 90.4 Å². The fourth-order valence-corrected chi connectivity index (χ4v) is 5.84. The number of fused-ring (bicyclic) bond motifs is 1. The highest BCUT2D eigenvalue weighted by Crippen LogP contribution is 2.34. The number of piperazine rings is 1. The Morgan fingerprint density at radius 2 is 1.51 bits per heavy atom. The normalized spacial score (nSPS) is 13.8. The third-order valence-electron chi connectivity index (χ3n) is 8.46. The van der Waals surface area contributed by atoms with Crippen LogP contribution in [0.15, 0.2) is 116 Å². The summed E-state index contributed by atoms with van der Waals surface area (Å²) in [6, 6.07) is 34.1. The van der Waals surface area contributed by atoms with E-state index in [9.17, 15) is 0 Å². The number of pyridine rings is 2. The lowest BCUT2D eigenvalue weighted by Crippen LogP contribution is -2.44. The second-order valence-electron chi connectivity index (χ2n) is 11.8. The summed E-state index contributed by atoms with van der Waals surface area (Å²) in [5.41, 5.74) is 4.67. The second kappa shape index (κ2) is 14.4. The fourth-order valence-electron chi connectivity index (χ4n) is 5.84. The molecular formula is C38H38N8O. The molecule has 1 aliphatic rings. The Balaban J connectivity index is 1.01. The van der Waals surface area contributed by atoms with Crippen LogP contribution in [0.3, 0.4) is 0 Å². The van der Waals surface area contributed by atoms with Gasteiger partial charge in [-0.25, -0.2) is 9.97 Å². The van der Waals surface area contributed by atoms with Gasteiger partial charge in [-0.15, -0.1) is 10.2 Å². The molecule has 0 amide bonds. The van der Waals surface area contributed by atoms with Crippen molar-refractivity contribution in [3.05, 3.63) is 116 Å². The van der Waals surface area contributed by atoms with E-state index < -0.39 is 0 Å². The van der Waals surface area contributed by atoms with Gasteiger partial charge in [0.1, 0.15) is 17.3 Å². The fraction of sp³-hybridized carbons (Fsp3) is 0.211. The molecule has 0 spiro atoms. The van der Waals surface area contributed by atoms with Crippen molar-refractivity contribution in [1.82, 2.24) is 30.0 Å². The van der Waals surface area contributed by atoms with Crippen molar-refractivity contribution < 1.29 is 4.74 Å². The average molecular weight is 623 g/mol. The Hall–Kier alpha value is -5.38. The number of nitrogens with one attached hydrogen (secondary N) is 2. The first-order valence-electron chi connectivity index (χ1n) is 16.1. The first-order chi connectivity index (χ1) is 23.2. The number of benzene rings is 3. The van der Waals surface area contributed by atoms with Crippen LogP contribution >= 0.6 is 0 Å². The summed E-state index contributed by atoms with van der Waals surface area (Å²) in [6.45, 7) is 6.54. The lowest BCUT2D eigenvalue weighted by Gasteiger charge is -2.32. The average Bonchev–Trinajstić information content (AvgIpc) is 3.12. The SMILES string of the molecule is CN1CCN(CCCNc2cc(-c3cccnc3Oc3ccc(Nc4nnc(-c5ccccc5)c5ccccc45)cc3)ccn2)CC1. The second-order valence-corrected chi connectivity index (χ2v) is 11.8. The maximum atomic E-state index is 6.30. The van der Waals surface area contributed by atoms with Gasteiger partial charge in [0.05, 0.1) is 0 Å². The highest BCUT2D eigenvalue weighted by molar-refractivity contribution is 6.00. The molecule has 1 fully saturated rings. The number of ether oxygens (including phenoxy) is 1. The predicted octanol–water partition coefficient (Wildman–Crippen LogP) is 7.34. The number of likely N-dealkylation sites (N-methyl/N-ethyl adjacent to an activating group) is 1. The van der Waals surface area contributed by atoms with Crippen molar-refractivity contribution in [1.29, 1.82) is 0 Å². The van der Waals surface area contributed by atoms with Crippen LogP contribution < -0.4 is 15.4 Å². The minimum atomic E-state index is 0.536. The van der Waals surface area contributed by atoms with E-state index in [1.54, 1.807) is 6.20 Å². The van der Waals surface area contributed by atoms with Crippen molar-refractivity contribution in [2.24, 2.45) is 0 Å². The van der Waals surface area contributed by atoms with Crippen LogP contribution in [0.5, 0.6) is 11.6 Å². The number of hydrogen-bond acceptors (Lipinski definition) is 9. The van der Waals surface area contributed by atoms with Gasteiger partial charge < -0.3 is 25.2 Å². The van der Waals surface area contributed by atoms with Crippen LogP contribution in [0.2, 0.25) is 0 Å². The Morgan fingerprint density at radius 1 is 0.723 bits per heavy atom. The van der Waals surface area contributed by atoms with Gasteiger partial charge in [0.25, 0.3) is 0 Å². The molecule has 0 saturated carbocycles. The third-order valence-corrected chi connectivity index (χ3v) is 8.46. The first kappa shape index (κ1) is 30.3. The molecule has 3 aromatic heterocycles. The summed E-state index contributed by atoms with van der Waals surface area (Å²) >= 11 is 0. The molecule has 7 rings (SSSR count). The zero-order valence-corrected chi connectivity index (χ0v) is 26.5. The molecule has 9 heteroatoms. The zero-order valence-electron chi connectivity index (χ0n) is 26.5. The van der Waals surface area contributed by atoms with Gasteiger partial charge in [0.2, 0.25) is 5.88 Å². The van der Waals surface area contributed by atoms with Crippen LogP contribution in [-0.2, 0) is 0 Å². The lowest BCUT2D eigenvalue weighted by atomic mass is 10.0. The summed E-state index contributed by atoms with van der Waals surface area (Å²) in [5, 5.41) is 18.1. The summed E-state index contributed by atoms with van der Waals surface area (Å²) in [5.74, 6) is 2.76. The standard InChI is InChI=1S/C38H38N8O/c1-45-23-25-46(26-24-45)22-8-20-39-35-27-29(18-21-40-35)32-13-7-19-41-38(32)47-31-16-14-30(15-17-31)42-37-34-12-6-5-11-33(34)36(43-44-37)28-9-3-2-4-10-28/h2-7,9-19,21,27H,8,20,22-26H2,1H3,(H,39,40)(H,42,44). The van der Waals surface area contributed by atoms with Crippen LogP contribution in [0.1, 0.15) is 6.42 Å². The molecule has 2 N–H and O–H groups in total. The topological polar surface area (TPSA) is 91.3 Å². The molecule has 0 atom stereocenters. The van der Waals surface area contributed by atoms with E-state index in [1.807, 2.05) is 79.0 Å². The van der Waals surface area contributed by atoms with Crippen LogP contribution in [-0.4, -0.2) is 76.3 Å². The predicted molar refractivity (Wildman–Crippen MR) is 189 cm³/mol. The summed E-state index contributed by atoms with van der Waals surface area (Å²) in [4.78, 5) is 14.0. The Bertz CT molecular complexity index is 1920. The molecular weight excluding hydrogens is 584 g/mol. The maximum absolute atomic E-state index is 6.30. The van der Waals surface area contributed by atoms with Crippen LogP contribution in [0, 0.1) is 0 Å². The minimum Gasteiger partial charge on any atom is -0.438 e. The Labute approximate surface area is 275 Å². The minimum absolute atomic E-state index is 0.536. The number of rotatable bonds is 11. The molecule has 0 radical (unpaired) electrons. The quantitative estimate of drug-likeness (QED) is 0.144. The summed E-state index contributed by atoms with van der Waals surface area (Å²) in [7, 11) is 2.19. The molecule has 4 heterocycles. The number of hydrogen-bond donors (Lipinski definition) is 2. The van der Waals surface area contributed by atoms with E-state index in [0.29, 0.717) is 17.4 Å². The molecule has 6 aromatic rings. The van der Waals surface area contributed by atoms with Crippen molar-refractivity contribution in [3.63, 3.8) is 0 Å². The molecule has 0 bridgehead atoms. The summed E-state index contributed by atoms with van der Waals surface area (Å²) in [6.07, 6.45) is 4.65. The molecule has 1 saturated heterocycles. The molecule has 0 unspecified atom stereocenters. The molecule has 236 valence electrons. The summed E-state index contributed by atoms with van der Waals surface area (Å²) < 4.78 is 6.30. The number of anilines is 3. The van der Waals surface area contributed by atoms with Crippen molar-refractivity contribution >= 4 is 28.1 Å². The largest absolute Gasteiger partial charge is 0.438 e. The lowest BCUT2D eigenvalue weighted by molar-refractivity contribution is 0.154. The van der Waals surface area contributed by atoms with Gasteiger partial charge >= 0.3 is 0 Å². The van der Waals surface area contributed by atoms with Gasteiger partial charge in [0, 0.05) is 72.7 Å². The smallest absolute Gasteiger partial charge is 0.227 e. The van der Waals surface area contributed by atoms with Crippen molar-refractivity contribution in [2.75, 3.05) is 56.9 Å². The number of aromatic nitrogens is 4. The van der Waals surface area contributed by atoms with Crippen molar-refractivity contribution in [3.8, 4) is 34.0 Å². The molecule has 0 aliphatic carbocycles. The number of nitrogens with zero attached hydrogens (tertiary/aromatic N) is 6. The van der Waals surface area contributed by atoms with E-state index in [-0.39, 0.29) is 0 Å². The van der Waals surface area contributed by atoms with Crippen LogP contribution in [0.4, 0.5) is 17.3 Å². The monoisotopic (exact) mass is 622 g/mol. The maximum Gasteiger partial charge on any atom is 0.227 e. The van der Waals surface area contributed by atoms with Crippen molar-refractivity contribution in [2.45, 2.75) is 6.42 Å². The van der Waals surface area contributed by atoms with Gasteiger partial charge in [-0.3, -0.25) is 0 Å². The van der Waals surface area contributed by atoms with E-state index in [1.165, 1.54) is 0 Å².